The van der Waals surface area contributed by atoms with Crippen molar-refractivity contribution in [2.24, 2.45) is 0 Å². The van der Waals surface area contributed by atoms with Gasteiger partial charge in [-0.15, -0.1) is 0 Å². The number of nitrogens with one attached hydrogen (secondary N) is 3. The van der Waals surface area contributed by atoms with Gasteiger partial charge in [-0.2, -0.15) is 0 Å². The van der Waals surface area contributed by atoms with Crippen LogP contribution < -0.4 is 25.4 Å². The van der Waals surface area contributed by atoms with E-state index in [9.17, 15) is 19.2 Å². The van der Waals surface area contributed by atoms with E-state index < -0.39 is 29.9 Å². The normalized spacial score (nSPS) is 19.0. The third-order valence-corrected chi connectivity index (χ3v) is 5.30. The van der Waals surface area contributed by atoms with E-state index in [0.29, 0.717) is 22.7 Å². The fourth-order valence-corrected chi connectivity index (χ4v) is 3.66. The number of carbonyl (C=O) groups excluding carboxylic acids is 4. The molecule has 0 bridgehead atoms. The molecule has 3 N–H and O–H groups in total. The number of imide groups is 1. The Kier molecular flexibility index (Phi) is 5.43. The minimum Gasteiger partial charge on any atom is -0.454 e. The monoisotopic (exact) mass is 438 g/mol. The molecule has 1 saturated heterocycles. The van der Waals surface area contributed by atoms with Gasteiger partial charge in [0.1, 0.15) is 12.1 Å². The smallest absolute Gasteiger partial charge is 0.325 e. The van der Waals surface area contributed by atoms with E-state index in [1.54, 1.807) is 49.4 Å². The van der Waals surface area contributed by atoms with Gasteiger partial charge in [0.25, 0.3) is 11.8 Å². The average molecular weight is 438 g/mol. The van der Waals surface area contributed by atoms with Gasteiger partial charge in [0, 0.05) is 24.7 Å². The molecular formula is C22H22N4O6. The summed E-state index contributed by atoms with van der Waals surface area (Å²) in [4.78, 5) is 50.3. The molecular weight excluding hydrogens is 416 g/mol. The van der Waals surface area contributed by atoms with Crippen LogP contribution in [-0.4, -0.2) is 54.6 Å². The lowest BCUT2D eigenvalue weighted by Crippen LogP contribution is -2.46. The topological polar surface area (TPSA) is 126 Å². The number of nitrogens with zero attached hydrogens (tertiary/aromatic N) is 1. The number of ether oxygens (including phenoxy) is 2. The highest BCUT2D eigenvalue weighted by molar-refractivity contribution is 6.10. The molecule has 1 fully saturated rings. The van der Waals surface area contributed by atoms with Crippen LogP contribution in [0.5, 0.6) is 11.5 Å². The average Bonchev–Trinajstić information content (AvgIpc) is 3.31. The van der Waals surface area contributed by atoms with E-state index in [1.165, 1.54) is 7.05 Å². The summed E-state index contributed by atoms with van der Waals surface area (Å²) < 4.78 is 10.7. The van der Waals surface area contributed by atoms with Crippen molar-refractivity contribution in [1.82, 2.24) is 15.5 Å². The van der Waals surface area contributed by atoms with Crippen LogP contribution in [0, 0.1) is 0 Å². The van der Waals surface area contributed by atoms with Gasteiger partial charge in [0.2, 0.25) is 12.7 Å². The zero-order valence-electron chi connectivity index (χ0n) is 17.6. The first-order chi connectivity index (χ1) is 15.3. The zero-order valence-corrected chi connectivity index (χ0v) is 17.6. The molecule has 0 aliphatic carbocycles. The molecule has 10 heteroatoms. The number of hydrogen-bond donors (Lipinski definition) is 3. The Balaban J connectivity index is 1.40. The van der Waals surface area contributed by atoms with Crippen LogP contribution in [0.3, 0.4) is 0 Å². The lowest BCUT2D eigenvalue weighted by atomic mass is 9.92. The number of anilines is 1. The molecule has 2 aliphatic heterocycles. The summed E-state index contributed by atoms with van der Waals surface area (Å²) in [6, 6.07) is 10.9. The number of fused-ring (bicyclic) bond motifs is 1. The number of amides is 5. The van der Waals surface area contributed by atoms with Crippen molar-refractivity contribution in [1.29, 1.82) is 0 Å². The Labute approximate surface area is 183 Å². The SMILES string of the molecule is CNC(=O)c1ccc(NC(=O)CN2C(=O)NC(C)(Cc3ccc4c(c3)OCO4)C2=O)cc1. The van der Waals surface area contributed by atoms with E-state index in [0.717, 1.165) is 10.5 Å². The third-order valence-electron chi connectivity index (χ3n) is 5.30. The van der Waals surface area contributed by atoms with Gasteiger partial charge in [-0.1, -0.05) is 6.07 Å². The Hall–Kier alpha value is -4.08. The molecule has 166 valence electrons. The van der Waals surface area contributed by atoms with Gasteiger partial charge >= 0.3 is 6.03 Å². The molecule has 32 heavy (non-hydrogen) atoms. The van der Waals surface area contributed by atoms with Gasteiger partial charge in [-0.05, 0) is 48.9 Å². The highest BCUT2D eigenvalue weighted by Crippen LogP contribution is 2.34. The van der Waals surface area contributed by atoms with Gasteiger partial charge in [0.15, 0.2) is 11.5 Å². The quantitative estimate of drug-likeness (QED) is 0.583. The van der Waals surface area contributed by atoms with Crippen molar-refractivity contribution in [3.05, 3.63) is 53.6 Å². The van der Waals surface area contributed by atoms with Gasteiger partial charge in [-0.3, -0.25) is 19.3 Å². The zero-order chi connectivity index (χ0) is 22.9. The Morgan fingerprint density at radius 2 is 1.81 bits per heavy atom. The lowest BCUT2D eigenvalue weighted by Gasteiger charge is -2.22. The first kappa shape index (κ1) is 21.2. The molecule has 5 amide bonds. The molecule has 4 rings (SSSR count). The van der Waals surface area contributed by atoms with E-state index in [2.05, 4.69) is 16.0 Å². The number of hydrogen-bond acceptors (Lipinski definition) is 6. The Bertz CT molecular complexity index is 1100. The maximum Gasteiger partial charge on any atom is 0.325 e. The van der Waals surface area contributed by atoms with Crippen molar-refractivity contribution >= 4 is 29.4 Å². The van der Waals surface area contributed by atoms with Crippen LogP contribution in [0.15, 0.2) is 42.5 Å². The first-order valence-electron chi connectivity index (χ1n) is 9.94. The van der Waals surface area contributed by atoms with Crippen LogP contribution in [-0.2, 0) is 16.0 Å². The molecule has 10 nitrogen and oxygen atoms in total. The molecule has 2 aromatic rings. The van der Waals surface area contributed by atoms with E-state index in [1.807, 2.05) is 0 Å². The van der Waals surface area contributed by atoms with Gasteiger partial charge < -0.3 is 25.4 Å². The maximum absolute atomic E-state index is 13.0. The fraction of sp³-hybridized carbons (Fsp3) is 0.273. The minimum atomic E-state index is -1.19. The van der Waals surface area contributed by atoms with Crippen molar-refractivity contribution in [2.45, 2.75) is 18.9 Å². The summed E-state index contributed by atoms with van der Waals surface area (Å²) in [6.07, 6.45) is 0.229. The Morgan fingerprint density at radius 1 is 1.09 bits per heavy atom. The highest BCUT2D eigenvalue weighted by Gasteiger charge is 2.48. The second kappa shape index (κ2) is 8.22. The van der Waals surface area contributed by atoms with Crippen molar-refractivity contribution in [2.75, 3.05) is 25.7 Å². The number of rotatable bonds is 6. The van der Waals surface area contributed by atoms with E-state index >= 15 is 0 Å². The lowest BCUT2D eigenvalue weighted by molar-refractivity contribution is -0.133. The van der Waals surface area contributed by atoms with Crippen molar-refractivity contribution < 1.29 is 28.7 Å². The minimum absolute atomic E-state index is 0.142. The standard InChI is InChI=1S/C22H22N4O6/c1-22(10-13-3-8-16-17(9-13)32-12-31-16)20(29)26(21(30)25-22)11-18(27)24-15-6-4-14(5-7-15)19(28)23-2/h3-9H,10-12H2,1-2H3,(H,23,28)(H,24,27)(H,25,30). The number of benzene rings is 2. The van der Waals surface area contributed by atoms with Gasteiger partial charge in [0.05, 0.1) is 0 Å². The first-order valence-corrected chi connectivity index (χ1v) is 9.94. The summed E-state index contributed by atoms with van der Waals surface area (Å²) in [5, 5.41) is 7.82. The molecule has 2 aromatic carbocycles. The summed E-state index contributed by atoms with van der Waals surface area (Å²) in [7, 11) is 1.52. The van der Waals surface area contributed by atoms with Crippen LogP contribution in [0.2, 0.25) is 0 Å². The van der Waals surface area contributed by atoms with Crippen LogP contribution >= 0.6 is 0 Å². The summed E-state index contributed by atoms with van der Waals surface area (Å²) >= 11 is 0. The number of urea groups is 1. The molecule has 1 unspecified atom stereocenters. The second-order valence-corrected chi connectivity index (χ2v) is 7.72. The van der Waals surface area contributed by atoms with Crippen molar-refractivity contribution in [3.8, 4) is 11.5 Å². The third kappa shape index (κ3) is 4.07. The summed E-state index contributed by atoms with van der Waals surface area (Å²) in [6.45, 7) is 1.33. The molecule has 2 heterocycles. The molecule has 0 saturated carbocycles. The molecule has 2 aliphatic rings. The molecule has 1 atom stereocenters. The predicted octanol–water partition coefficient (Wildman–Crippen LogP) is 1.27. The van der Waals surface area contributed by atoms with Crippen LogP contribution in [0.1, 0.15) is 22.8 Å². The highest BCUT2D eigenvalue weighted by atomic mass is 16.7. The molecule has 0 radical (unpaired) electrons. The Morgan fingerprint density at radius 3 is 2.53 bits per heavy atom. The molecule has 0 aromatic heterocycles. The number of carbonyl (C=O) groups is 4. The summed E-state index contributed by atoms with van der Waals surface area (Å²) in [5.74, 6) is -0.0633. The summed E-state index contributed by atoms with van der Waals surface area (Å²) in [5.41, 5.74) is 0.477. The predicted molar refractivity (Wildman–Crippen MR) is 113 cm³/mol. The van der Waals surface area contributed by atoms with E-state index in [-0.39, 0.29) is 19.1 Å². The van der Waals surface area contributed by atoms with Crippen LogP contribution in [0.4, 0.5) is 10.5 Å². The second-order valence-electron chi connectivity index (χ2n) is 7.72. The van der Waals surface area contributed by atoms with E-state index in [4.69, 9.17) is 9.47 Å². The fourth-order valence-electron chi connectivity index (χ4n) is 3.66. The van der Waals surface area contributed by atoms with Gasteiger partial charge in [-0.25, -0.2) is 4.79 Å². The molecule has 0 spiro atoms. The maximum atomic E-state index is 13.0. The largest absolute Gasteiger partial charge is 0.454 e. The van der Waals surface area contributed by atoms with Crippen LogP contribution in [0.25, 0.3) is 0 Å². The van der Waals surface area contributed by atoms with Crippen molar-refractivity contribution in [3.63, 3.8) is 0 Å².